The van der Waals surface area contributed by atoms with Gasteiger partial charge in [-0.1, -0.05) is 30.0 Å². The minimum absolute atomic E-state index is 0.334. The molecule has 0 fully saturated rings. The number of hydrogen-bond donors (Lipinski definition) is 1. The largest absolute Gasteiger partial charge is 0.304 e. The zero-order valence-corrected chi connectivity index (χ0v) is 8.27. The summed E-state index contributed by atoms with van der Waals surface area (Å²) >= 11 is 0.546. The molecule has 0 saturated heterocycles. The second-order valence-corrected chi connectivity index (χ2v) is 3.64. The minimum Gasteiger partial charge on any atom is -0.304 e. The maximum atomic E-state index is 12.1. The number of rotatable bonds is 5. The van der Waals surface area contributed by atoms with Crippen LogP contribution in [0.5, 0.6) is 0 Å². The molecule has 0 aliphatic heterocycles. The second kappa shape index (κ2) is 5.95. The third kappa shape index (κ3) is 3.61. The highest BCUT2D eigenvalue weighted by molar-refractivity contribution is 7.99. The highest BCUT2D eigenvalue weighted by atomic mass is 32.2. The number of alkyl halides is 2. The Morgan fingerprint density at radius 3 is 2.71 bits per heavy atom. The number of nitrogens with two attached hydrogens (primary N) is 1. The Hall–Kier alpha value is -0.650. The summed E-state index contributed by atoms with van der Waals surface area (Å²) in [6.45, 7) is 0.334. The molecule has 2 N–H and O–H groups in total. The normalized spacial score (nSPS) is 10.9. The molecule has 0 atom stereocenters. The summed E-state index contributed by atoms with van der Waals surface area (Å²) in [6.07, 6.45) is 0.548. The molecule has 0 amide bonds. The molecule has 2 nitrogen and oxygen atoms in total. The molecule has 1 aromatic rings. The topological polar surface area (TPSA) is 35.2 Å². The molecular formula is C9H11F2NOS. The van der Waals surface area contributed by atoms with Gasteiger partial charge in [0.1, 0.15) is 0 Å². The van der Waals surface area contributed by atoms with Crippen LogP contribution < -0.4 is 5.90 Å². The molecule has 0 aliphatic carbocycles. The van der Waals surface area contributed by atoms with E-state index in [0.29, 0.717) is 29.7 Å². The first-order chi connectivity index (χ1) is 6.74. The van der Waals surface area contributed by atoms with Crippen LogP contribution in [0.4, 0.5) is 8.78 Å². The molecule has 0 spiro atoms. The van der Waals surface area contributed by atoms with Crippen molar-refractivity contribution < 1.29 is 13.6 Å². The molecule has 0 aliphatic rings. The van der Waals surface area contributed by atoms with Crippen molar-refractivity contribution in [2.45, 2.75) is 17.1 Å². The van der Waals surface area contributed by atoms with Crippen molar-refractivity contribution in [2.75, 3.05) is 6.61 Å². The van der Waals surface area contributed by atoms with Crippen molar-refractivity contribution in [3.05, 3.63) is 29.8 Å². The molecule has 5 heteroatoms. The summed E-state index contributed by atoms with van der Waals surface area (Å²) in [4.78, 5) is 4.99. The lowest BCUT2D eigenvalue weighted by Gasteiger charge is -2.07. The highest BCUT2D eigenvalue weighted by Gasteiger charge is 2.08. The summed E-state index contributed by atoms with van der Waals surface area (Å²) in [7, 11) is 0. The van der Waals surface area contributed by atoms with Crippen LogP contribution in [0.2, 0.25) is 0 Å². The number of halogens is 2. The first kappa shape index (κ1) is 11.4. The Morgan fingerprint density at radius 2 is 2.07 bits per heavy atom. The van der Waals surface area contributed by atoms with Crippen LogP contribution in [-0.4, -0.2) is 12.4 Å². The lowest BCUT2D eigenvalue weighted by atomic mass is 10.2. The SMILES string of the molecule is NOCCc1ccccc1SC(F)F. The fourth-order valence-electron chi connectivity index (χ4n) is 1.09. The van der Waals surface area contributed by atoms with E-state index in [4.69, 9.17) is 5.90 Å². The van der Waals surface area contributed by atoms with E-state index in [2.05, 4.69) is 4.84 Å². The number of benzene rings is 1. The molecular weight excluding hydrogens is 208 g/mol. The van der Waals surface area contributed by atoms with Crippen LogP contribution in [0.15, 0.2) is 29.2 Å². The minimum atomic E-state index is -2.39. The van der Waals surface area contributed by atoms with E-state index >= 15 is 0 Å². The van der Waals surface area contributed by atoms with Gasteiger partial charge in [0.2, 0.25) is 0 Å². The Balaban J connectivity index is 2.69. The summed E-state index contributed by atoms with van der Waals surface area (Å²) < 4.78 is 24.3. The Labute approximate surface area is 85.4 Å². The van der Waals surface area contributed by atoms with Crippen LogP contribution in [-0.2, 0) is 11.3 Å². The maximum absolute atomic E-state index is 12.1. The van der Waals surface area contributed by atoms with Crippen molar-refractivity contribution in [2.24, 2.45) is 5.90 Å². The van der Waals surface area contributed by atoms with Gasteiger partial charge >= 0.3 is 0 Å². The van der Waals surface area contributed by atoms with Crippen LogP contribution in [0, 0.1) is 0 Å². The van der Waals surface area contributed by atoms with Gasteiger partial charge in [-0.15, -0.1) is 0 Å². The van der Waals surface area contributed by atoms with Gasteiger partial charge in [0.15, 0.2) is 0 Å². The average molecular weight is 219 g/mol. The van der Waals surface area contributed by atoms with Crippen molar-refractivity contribution in [3.63, 3.8) is 0 Å². The summed E-state index contributed by atoms with van der Waals surface area (Å²) in [5, 5.41) is 0. The van der Waals surface area contributed by atoms with Crippen LogP contribution in [0.1, 0.15) is 5.56 Å². The average Bonchev–Trinajstić information content (AvgIpc) is 2.16. The fourth-order valence-corrected chi connectivity index (χ4v) is 1.76. The van der Waals surface area contributed by atoms with Crippen LogP contribution >= 0.6 is 11.8 Å². The van der Waals surface area contributed by atoms with Gasteiger partial charge in [0.05, 0.1) is 6.61 Å². The van der Waals surface area contributed by atoms with Gasteiger partial charge in [-0.25, -0.2) is 5.90 Å². The van der Waals surface area contributed by atoms with Crippen molar-refractivity contribution >= 4 is 11.8 Å². The lowest BCUT2D eigenvalue weighted by Crippen LogP contribution is -2.04. The van der Waals surface area contributed by atoms with E-state index in [1.54, 1.807) is 24.3 Å². The van der Waals surface area contributed by atoms with Gasteiger partial charge in [0, 0.05) is 4.90 Å². The van der Waals surface area contributed by atoms with Crippen LogP contribution in [0.3, 0.4) is 0 Å². The zero-order valence-electron chi connectivity index (χ0n) is 7.45. The molecule has 0 radical (unpaired) electrons. The molecule has 0 bridgehead atoms. The summed E-state index contributed by atoms with van der Waals surface area (Å²) in [5.41, 5.74) is 0.836. The van der Waals surface area contributed by atoms with E-state index in [-0.39, 0.29) is 0 Å². The van der Waals surface area contributed by atoms with Gasteiger partial charge in [0.25, 0.3) is 5.76 Å². The van der Waals surface area contributed by atoms with Gasteiger partial charge in [-0.05, 0) is 18.1 Å². The second-order valence-electron chi connectivity index (χ2n) is 2.61. The molecule has 1 rings (SSSR count). The van der Waals surface area contributed by atoms with E-state index in [1.165, 1.54) is 0 Å². The molecule has 0 unspecified atom stereocenters. The third-order valence-electron chi connectivity index (χ3n) is 1.68. The quantitative estimate of drug-likeness (QED) is 0.610. The third-order valence-corrected chi connectivity index (χ3v) is 2.51. The first-order valence-corrected chi connectivity index (χ1v) is 4.96. The Morgan fingerprint density at radius 1 is 1.36 bits per heavy atom. The Bertz CT molecular complexity index is 283. The van der Waals surface area contributed by atoms with E-state index in [1.807, 2.05) is 0 Å². The first-order valence-electron chi connectivity index (χ1n) is 4.08. The molecule has 14 heavy (non-hydrogen) atoms. The lowest BCUT2D eigenvalue weighted by molar-refractivity contribution is 0.141. The van der Waals surface area contributed by atoms with Crippen molar-refractivity contribution in [3.8, 4) is 0 Å². The predicted molar refractivity (Wildman–Crippen MR) is 52.1 cm³/mol. The monoisotopic (exact) mass is 219 g/mol. The van der Waals surface area contributed by atoms with Gasteiger partial charge in [-0.3, -0.25) is 0 Å². The smallest absolute Gasteiger partial charge is 0.288 e. The molecule has 0 aromatic heterocycles. The standard InChI is InChI=1S/C9H11F2NOS/c10-9(11)14-8-4-2-1-3-7(8)5-6-13-12/h1-4,9H,5-6,12H2. The van der Waals surface area contributed by atoms with Gasteiger partial charge in [-0.2, -0.15) is 8.78 Å². The molecule has 0 saturated carbocycles. The van der Waals surface area contributed by atoms with E-state index in [0.717, 1.165) is 5.56 Å². The predicted octanol–water partition coefficient (Wildman–Crippen LogP) is 2.43. The molecule has 78 valence electrons. The van der Waals surface area contributed by atoms with Crippen molar-refractivity contribution in [1.82, 2.24) is 0 Å². The zero-order chi connectivity index (χ0) is 10.4. The summed E-state index contributed by atoms with van der Waals surface area (Å²) in [6, 6.07) is 7.01. The van der Waals surface area contributed by atoms with E-state index in [9.17, 15) is 8.78 Å². The fraction of sp³-hybridized carbons (Fsp3) is 0.333. The molecule has 1 aromatic carbocycles. The van der Waals surface area contributed by atoms with Crippen LogP contribution in [0.25, 0.3) is 0 Å². The Kier molecular flexibility index (Phi) is 4.86. The summed E-state index contributed by atoms with van der Waals surface area (Å²) in [5.74, 6) is 2.48. The highest BCUT2D eigenvalue weighted by Crippen LogP contribution is 2.28. The van der Waals surface area contributed by atoms with E-state index < -0.39 is 5.76 Å². The maximum Gasteiger partial charge on any atom is 0.288 e. The number of thioether (sulfide) groups is 1. The van der Waals surface area contributed by atoms with Gasteiger partial charge < -0.3 is 4.84 Å². The molecule has 0 heterocycles. The van der Waals surface area contributed by atoms with Crippen molar-refractivity contribution in [1.29, 1.82) is 0 Å². The number of hydrogen-bond acceptors (Lipinski definition) is 3.